The summed E-state index contributed by atoms with van der Waals surface area (Å²) in [6.07, 6.45) is 4.04. The Hall–Kier alpha value is -4.76. The topological polar surface area (TPSA) is 63.9 Å². The number of ketones is 2. The van der Waals surface area contributed by atoms with Crippen molar-refractivity contribution in [1.82, 2.24) is 14.5 Å². The molecule has 6 nitrogen and oxygen atoms in total. The quantitative estimate of drug-likeness (QED) is 0.154. The number of ether oxygens (including phenoxy) is 1. The van der Waals surface area contributed by atoms with Crippen LogP contribution in [0, 0.1) is 22.9 Å². The fourth-order valence-corrected chi connectivity index (χ4v) is 5.56. The first-order chi connectivity index (χ1) is 21.1. The third-order valence-electron chi connectivity index (χ3n) is 8.01. The van der Waals surface area contributed by atoms with E-state index < -0.39 is 22.9 Å². The van der Waals surface area contributed by atoms with Gasteiger partial charge < -0.3 is 9.64 Å². The van der Waals surface area contributed by atoms with Gasteiger partial charge in [-0.1, -0.05) is 24.3 Å². The second-order valence-corrected chi connectivity index (χ2v) is 11.5. The van der Waals surface area contributed by atoms with Gasteiger partial charge in [-0.2, -0.15) is 5.10 Å². The van der Waals surface area contributed by atoms with Crippen LogP contribution in [0.5, 0.6) is 11.5 Å². The molecule has 2 heterocycles. The van der Waals surface area contributed by atoms with Gasteiger partial charge in [-0.25, -0.2) is 17.7 Å². The summed E-state index contributed by atoms with van der Waals surface area (Å²) >= 11 is 0. The molecule has 1 aliphatic rings. The molecule has 0 saturated heterocycles. The maximum atomic E-state index is 15.3. The third-order valence-corrected chi connectivity index (χ3v) is 8.01. The van der Waals surface area contributed by atoms with Crippen LogP contribution in [0.1, 0.15) is 29.5 Å². The van der Waals surface area contributed by atoms with E-state index in [9.17, 15) is 14.0 Å². The van der Waals surface area contributed by atoms with Crippen molar-refractivity contribution in [2.24, 2.45) is 5.41 Å². The van der Waals surface area contributed by atoms with Crippen LogP contribution >= 0.6 is 0 Å². The van der Waals surface area contributed by atoms with Crippen molar-refractivity contribution in [2.45, 2.75) is 32.2 Å². The van der Waals surface area contributed by atoms with Crippen molar-refractivity contribution in [1.29, 1.82) is 0 Å². The van der Waals surface area contributed by atoms with Crippen molar-refractivity contribution in [3.05, 3.63) is 119 Å². The summed E-state index contributed by atoms with van der Waals surface area (Å²) < 4.78 is 51.1. The third kappa shape index (κ3) is 5.88. The zero-order valence-electron chi connectivity index (χ0n) is 24.3. The molecule has 224 valence electrons. The highest BCUT2D eigenvalue weighted by molar-refractivity contribution is 6.11. The van der Waals surface area contributed by atoms with Gasteiger partial charge in [0, 0.05) is 42.8 Å². The van der Waals surface area contributed by atoms with Crippen LogP contribution < -0.4 is 4.74 Å². The Balaban J connectivity index is 1.21. The highest BCUT2D eigenvalue weighted by atomic mass is 19.1. The van der Waals surface area contributed by atoms with Crippen molar-refractivity contribution in [3.63, 3.8) is 0 Å². The van der Waals surface area contributed by atoms with Crippen LogP contribution in [-0.4, -0.2) is 40.2 Å². The van der Waals surface area contributed by atoms with Gasteiger partial charge in [-0.3, -0.25) is 9.59 Å². The molecule has 0 aliphatic heterocycles. The van der Waals surface area contributed by atoms with E-state index >= 15 is 8.78 Å². The Morgan fingerprint density at radius 2 is 1.48 bits per heavy atom. The van der Waals surface area contributed by atoms with Gasteiger partial charge in [0.25, 0.3) is 0 Å². The van der Waals surface area contributed by atoms with Crippen LogP contribution in [0.2, 0.25) is 0 Å². The number of nitrogens with zero attached hydrogens (tertiary/aromatic N) is 3. The first-order valence-corrected chi connectivity index (χ1v) is 14.3. The largest absolute Gasteiger partial charge is 0.452 e. The average Bonchev–Trinajstić information content (AvgIpc) is 3.70. The lowest BCUT2D eigenvalue weighted by molar-refractivity contribution is -0.133. The Kier molecular flexibility index (Phi) is 7.82. The highest BCUT2D eigenvalue weighted by Gasteiger charge is 2.54. The van der Waals surface area contributed by atoms with E-state index in [-0.39, 0.29) is 35.9 Å². The maximum absolute atomic E-state index is 15.3. The minimum absolute atomic E-state index is 0.0408. The van der Waals surface area contributed by atoms with Crippen molar-refractivity contribution < 1.29 is 27.5 Å². The summed E-state index contributed by atoms with van der Waals surface area (Å²) in [5, 5.41) is 4.30. The molecule has 2 aromatic heterocycles. The fourth-order valence-electron chi connectivity index (χ4n) is 5.56. The minimum Gasteiger partial charge on any atom is -0.452 e. The molecule has 0 N–H and O–H groups in total. The SMILES string of the molecule is CN(C)Cc1ccc(F)c(-c2ccn3nccc(Oc4ccc(CC(=O)C5(C(=O)Cc6ccc(F)cc6)CC5)cc4F)c23)c1. The van der Waals surface area contributed by atoms with Gasteiger partial charge in [0.2, 0.25) is 0 Å². The van der Waals surface area contributed by atoms with E-state index in [0.717, 1.165) is 5.56 Å². The number of halogens is 3. The second kappa shape index (κ2) is 11.7. The zero-order valence-corrected chi connectivity index (χ0v) is 24.3. The molecule has 0 atom stereocenters. The number of carbonyl (C=O) groups is 2. The number of benzene rings is 3. The molecular weight excluding hydrogens is 567 g/mol. The molecule has 0 bridgehead atoms. The van der Waals surface area contributed by atoms with E-state index in [1.54, 1.807) is 41.0 Å². The van der Waals surface area contributed by atoms with Gasteiger partial charge in [0.05, 0.1) is 11.6 Å². The first kappa shape index (κ1) is 29.3. The van der Waals surface area contributed by atoms with Gasteiger partial charge >= 0.3 is 0 Å². The van der Waals surface area contributed by atoms with E-state index in [1.165, 1.54) is 48.7 Å². The summed E-state index contributed by atoms with van der Waals surface area (Å²) in [6.45, 7) is 0.629. The number of carbonyl (C=O) groups excluding carboxylic acids is 2. The standard InChI is InChI=1S/C35H30F3N3O3/c1-40(2)21-24-5-9-28(37)27(17-24)26-12-16-41-34(26)31(11-15-39-41)44-30-10-6-23(18-29(30)38)20-33(43)35(13-14-35)32(42)19-22-3-7-25(36)8-4-22/h3-12,15-18H,13-14,19-21H2,1-2H3. The summed E-state index contributed by atoms with van der Waals surface area (Å²) in [7, 11) is 3.87. The van der Waals surface area contributed by atoms with E-state index in [4.69, 9.17) is 4.74 Å². The minimum atomic E-state index is -1.08. The highest BCUT2D eigenvalue weighted by Crippen LogP contribution is 2.49. The lowest BCUT2D eigenvalue weighted by Crippen LogP contribution is -2.28. The predicted octanol–water partition coefficient (Wildman–Crippen LogP) is 6.98. The number of aromatic nitrogens is 2. The molecule has 0 amide bonds. The van der Waals surface area contributed by atoms with E-state index in [2.05, 4.69) is 5.10 Å². The molecule has 1 saturated carbocycles. The smallest absolute Gasteiger partial charge is 0.166 e. The van der Waals surface area contributed by atoms with E-state index in [1.807, 2.05) is 19.0 Å². The molecule has 6 rings (SSSR count). The number of fused-ring (bicyclic) bond motifs is 1. The first-order valence-electron chi connectivity index (χ1n) is 14.3. The summed E-state index contributed by atoms with van der Waals surface area (Å²) in [5.41, 5.74) is 2.32. The molecule has 0 unspecified atom stereocenters. The summed E-state index contributed by atoms with van der Waals surface area (Å²) in [4.78, 5) is 28.2. The van der Waals surface area contributed by atoms with E-state index in [0.29, 0.717) is 47.2 Å². The van der Waals surface area contributed by atoms with Crippen molar-refractivity contribution in [2.75, 3.05) is 14.1 Å². The predicted molar refractivity (Wildman–Crippen MR) is 160 cm³/mol. The van der Waals surface area contributed by atoms with Gasteiger partial charge in [0.15, 0.2) is 28.9 Å². The molecular formula is C35H30F3N3O3. The number of Topliss-reactive ketones (excluding diaryl/α,β-unsaturated/α-hetero) is 2. The maximum Gasteiger partial charge on any atom is 0.166 e. The van der Waals surface area contributed by atoms with Crippen LogP contribution in [0.3, 0.4) is 0 Å². The Morgan fingerprint density at radius 1 is 0.795 bits per heavy atom. The fraction of sp³-hybridized carbons (Fsp3) is 0.229. The van der Waals surface area contributed by atoms with Crippen molar-refractivity contribution >= 4 is 17.1 Å². The lowest BCUT2D eigenvalue weighted by Gasteiger charge is -2.14. The monoisotopic (exact) mass is 597 g/mol. The molecule has 0 spiro atoms. The normalized spacial score (nSPS) is 13.8. The van der Waals surface area contributed by atoms with Crippen LogP contribution in [0.4, 0.5) is 13.2 Å². The molecule has 1 aliphatic carbocycles. The second-order valence-electron chi connectivity index (χ2n) is 11.5. The summed E-state index contributed by atoms with van der Waals surface area (Å²) in [6, 6.07) is 18.2. The summed E-state index contributed by atoms with van der Waals surface area (Å²) in [5.74, 6) is -1.73. The Bertz CT molecular complexity index is 1880. The zero-order chi connectivity index (χ0) is 31.0. The number of hydrogen-bond donors (Lipinski definition) is 0. The molecule has 9 heteroatoms. The average molecular weight is 598 g/mol. The number of hydrogen-bond acceptors (Lipinski definition) is 5. The molecule has 5 aromatic rings. The molecule has 0 radical (unpaired) electrons. The number of rotatable bonds is 11. The van der Waals surface area contributed by atoms with Gasteiger partial charge in [-0.15, -0.1) is 0 Å². The van der Waals surface area contributed by atoms with Crippen LogP contribution in [0.25, 0.3) is 16.6 Å². The molecule has 1 fully saturated rings. The lowest BCUT2D eigenvalue weighted by atomic mass is 9.88. The molecule has 3 aromatic carbocycles. The molecule has 44 heavy (non-hydrogen) atoms. The Labute approximate surface area is 252 Å². The van der Waals surface area contributed by atoms with Crippen molar-refractivity contribution in [3.8, 4) is 22.6 Å². The van der Waals surface area contributed by atoms with Gasteiger partial charge in [0.1, 0.15) is 17.2 Å². The van der Waals surface area contributed by atoms with Gasteiger partial charge in [-0.05, 0) is 86.1 Å². The Morgan fingerprint density at radius 3 is 2.16 bits per heavy atom. The van der Waals surface area contributed by atoms with Crippen LogP contribution in [-0.2, 0) is 29.0 Å². The van der Waals surface area contributed by atoms with Crippen LogP contribution in [0.15, 0.2) is 85.2 Å².